The van der Waals surface area contributed by atoms with Crippen LogP contribution in [0.25, 0.3) is 5.57 Å². The number of benzene rings is 1. The van der Waals surface area contributed by atoms with Crippen molar-refractivity contribution < 1.29 is 4.39 Å². The van der Waals surface area contributed by atoms with Crippen molar-refractivity contribution in [1.29, 1.82) is 0 Å². The van der Waals surface area contributed by atoms with Gasteiger partial charge in [-0.25, -0.2) is 4.39 Å². The summed E-state index contributed by atoms with van der Waals surface area (Å²) in [5, 5.41) is 0. The van der Waals surface area contributed by atoms with Crippen LogP contribution in [-0.4, -0.2) is 4.83 Å². The summed E-state index contributed by atoms with van der Waals surface area (Å²) >= 11 is 6.95. The number of hydrogen-bond donors (Lipinski definition) is 0. The minimum Gasteiger partial charge on any atom is -0.234 e. The minimum absolute atomic E-state index is 0.245. The van der Waals surface area contributed by atoms with Crippen LogP contribution in [0.2, 0.25) is 0 Å². The molecule has 88 valence electrons. The summed E-state index contributed by atoms with van der Waals surface area (Å²) in [5.41, 5.74) is 2.43. The topological polar surface area (TPSA) is 0 Å². The summed E-state index contributed by atoms with van der Waals surface area (Å²) in [7, 11) is 0. The van der Waals surface area contributed by atoms with Gasteiger partial charge in [-0.05, 0) is 42.2 Å². The minimum atomic E-state index is -1.34. The van der Waals surface area contributed by atoms with Gasteiger partial charge in [-0.15, -0.1) is 0 Å². The number of rotatable bonds is 0. The van der Waals surface area contributed by atoms with Gasteiger partial charge in [0.05, 0.1) is 0 Å². The summed E-state index contributed by atoms with van der Waals surface area (Å²) < 4.78 is 15.9. The molecular weight excluding hydrogens is 347 g/mol. The van der Waals surface area contributed by atoms with Gasteiger partial charge in [0.2, 0.25) is 0 Å². The maximum Gasteiger partial charge on any atom is 0.155 e. The smallest absolute Gasteiger partial charge is 0.155 e. The van der Waals surface area contributed by atoms with Crippen molar-refractivity contribution in [3.05, 3.63) is 51.5 Å². The van der Waals surface area contributed by atoms with Crippen LogP contribution in [0.4, 0.5) is 4.39 Å². The average Bonchev–Trinajstić information content (AvgIpc) is 2.49. The van der Waals surface area contributed by atoms with Crippen LogP contribution >= 0.6 is 31.9 Å². The predicted octanol–water partition coefficient (Wildman–Crippen LogP) is 5.12. The third-order valence-corrected chi connectivity index (χ3v) is 4.66. The molecule has 1 aromatic rings. The molecule has 0 saturated carbocycles. The predicted molar refractivity (Wildman–Crippen MR) is 76.0 cm³/mol. The summed E-state index contributed by atoms with van der Waals surface area (Å²) in [6.07, 6.45) is 4.87. The van der Waals surface area contributed by atoms with Crippen LogP contribution in [-0.2, 0) is 5.67 Å². The van der Waals surface area contributed by atoms with E-state index < -0.39 is 5.67 Å². The molecule has 0 aliphatic heterocycles. The summed E-state index contributed by atoms with van der Waals surface area (Å²) in [6, 6.07) is 5.86. The Morgan fingerprint density at radius 1 is 1.41 bits per heavy atom. The van der Waals surface area contributed by atoms with E-state index in [1.54, 1.807) is 6.92 Å². The first-order valence-electron chi connectivity index (χ1n) is 5.55. The van der Waals surface area contributed by atoms with E-state index in [2.05, 4.69) is 37.9 Å². The lowest BCUT2D eigenvalue weighted by atomic mass is 9.90. The molecule has 0 aromatic heterocycles. The van der Waals surface area contributed by atoms with Gasteiger partial charge in [0.25, 0.3) is 0 Å². The molecule has 2 atom stereocenters. The molecule has 3 rings (SSSR count). The van der Waals surface area contributed by atoms with E-state index in [9.17, 15) is 4.39 Å². The van der Waals surface area contributed by atoms with E-state index in [0.717, 1.165) is 33.2 Å². The SMILES string of the molecule is CC1(F)C2=C(C=CC(Br)C2)c2ccc(Br)cc21. The van der Waals surface area contributed by atoms with Crippen LogP contribution in [0, 0.1) is 0 Å². The molecule has 0 heterocycles. The van der Waals surface area contributed by atoms with Crippen LogP contribution < -0.4 is 0 Å². The number of allylic oxidation sites excluding steroid dienone is 4. The fraction of sp³-hybridized carbons (Fsp3) is 0.286. The van der Waals surface area contributed by atoms with Crippen molar-refractivity contribution in [3.63, 3.8) is 0 Å². The van der Waals surface area contributed by atoms with Gasteiger partial charge in [-0.3, -0.25) is 0 Å². The maximum absolute atomic E-state index is 15.0. The highest BCUT2D eigenvalue weighted by atomic mass is 79.9. The molecule has 3 heteroatoms. The van der Waals surface area contributed by atoms with Crippen LogP contribution in [0.5, 0.6) is 0 Å². The van der Waals surface area contributed by atoms with Crippen LogP contribution in [0.3, 0.4) is 0 Å². The van der Waals surface area contributed by atoms with Gasteiger partial charge in [0.1, 0.15) is 0 Å². The second kappa shape index (κ2) is 3.79. The van der Waals surface area contributed by atoms with Crippen molar-refractivity contribution in [2.24, 2.45) is 0 Å². The molecule has 0 saturated heterocycles. The highest BCUT2D eigenvalue weighted by molar-refractivity contribution is 9.10. The van der Waals surface area contributed by atoms with Gasteiger partial charge in [-0.1, -0.05) is 50.1 Å². The molecule has 1 aromatic carbocycles. The molecule has 0 fully saturated rings. The Labute approximate surface area is 117 Å². The van der Waals surface area contributed by atoms with Gasteiger partial charge in [0, 0.05) is 14.9 Å². The number of alkyl halides is 2. The van der Waals surface area contributed by atoms with E-state index in [-0.39, 0.29) is 4.83 Å². The Morgan fingerprint density at radius 3 is 2.94 bits per heavy atom. The average molecular weight is 358 g/mol. The first kappa shape index (κ1) is 11.7. The van der Waals surface area contributed by atoms with E-state index in [4.69, 9.17) is 0 Å². The summed E-state index contributed by atoms with van der Waals surface area (Å²) in [5.74, 6) is 0. The van der Waals surface area contributed by atoms with Crippen molar-refractivity contribution in [2.45, 2.75) is 23.8 Å². The Kier molecular flexibility index (Phi) is 2.60. The largest absolute Gasteiger partial charge is 0.234 e. The molecule has 0 amide bonds. The first-order valence-corrected chi connectivity index (χ1v) is 7.26. The van der Waals surface area contributed by atoms with Crippen molar-refractivity contribution in [1.82, 2.24) is 0 Å². The van der Waals surface area contributed by atoms with Gasteiger partial charge in [-0.2, -0.15) is 0 Å². The Bertz CT molecular complexity index is 555. The maximum atomic E-state index is 15.0. The zero-order chi connectivity index (χ0) is 12.2. The van der Waals surface area contributed by atoms with Crippen LogP contribution in [0.1, 0.15) is 24.5 Å². The fourth-order valence-corrected chi connectivity index (χ4v) is 3.51. The van der Waals surface area contributed by atoms with Crippen molar-refractivity contribution >= 4 is 37.4 Å². The molecule has 17 heavy (non-hydrogen) atoms. The van der Waals surface area contributed by atoms with Crippen LogP contribution in [0.15, 0.2) is 40.4 Å². The first-order chi connectivity index (χ1) is 8.00. The monoisotopic (exact) mass is 356 g/mol. The quantitative estimate of drug-likeness (QED) is 0.565. The molecule has 0 nitrogen and oxygen atoms in total. The number of hydrogen-bond acceptors (Lipinski definition) is 0. The second-order valence-electron chi connectivity index (χ2n) is 4.66. The highest BCUT2D eigenvalue weighted by Gasteiger charge is 2.42. The third-order valence-electron chi connectivity index (χ3n) is 3.54. The zero-order valence-electron chi connectivity index (χ0n) is 9.31. The van der Waals surface area contributed by atoms with Crippen molar-refractivity contribution in [3.8, 4) is 0 Å². The zero-order valence-corrected chi connectivity index (χ0v) is 12.5. The Morgan fingerprint density at radius 2 is 2.18 bits per heavy atom. The highest BCUT2D eigenvalue weighted by Crippen LogP contribution is 2.52. The summed E-state index contributed by atoms with van der Waals surface area (Å²) in [6.45, 7) is 1.67. The van der Waals surface area contributed by atoms with E-state index in [1.165, 1.54) is 0 Å². The summed E-state index contributed by atoms with van der Waals surface area (Å²) in [4.78, 5) is 0.245. The molecule has 2 aliphatic carbocycles. The standard InChI is InChI=1S/C14H11Br2F/c1-14(17)12-6-8(15)2-4-10(12)11-5-3-9(16)7-13(11)14/h2-6,9H,7H2,1H3. The lowest BCUT2D eigenvalue weighted by molar-refractivity contribution is 0.244. The fourth-order valence-electron chi connectivity index (χ4n) is 2.67. The van der Waals surface area contributed by atoms with E-state index in [1.807, 2.05) is 24.3 Å². The molecule has 0 spiro atoms. The van der Waals surface area contributed by atoms with E-state index >= 15 is 0 Å². The van der Waals surface area contributed by atoms with Crippen molar-refractivity contribution in [2.75, 3.05) is 0 Å². The van der Waals surface area contributed by atoms with Gasteiger partial charge in [0.15, 0.2) is 5.67 Å². The Balaban J connectivity index is 2.23. The lowest BCUT2D eigenvalue weighted by Crippen LogP contribution is -2.18. The second-order valence-corrected chi connectivity index (χ2v) is 6.76. The van der Waals surface area contributed by atoms with Gasteiger partial charge < -0.3 is 0 Å². The lowest BCUT2D eigenvalue weighted by Gasteiger charge is -2.23. The molecule has 2 aliphatic rings. The number of fused-ring (bicyclic) bond motifs is 2. The van der Waals surface area contributed by atoms with E-state index in [0.29, 0.717) is 0 Å². The molecule has 0 N–H and O–H groups in total. The Hall–Kier alpha value is -0.410. The van der Waals surface area contributed by atoms with Gasteiger partial charge >= 0.3 is 0 Å². The molecule has 2 unspecified atom stereocenters. The third kappa shape index (κ3) is 1.66. The number of halogens is 3. The molecule has 0 bridgehead atoms. The normalized spacial score (nSPS) is 30.5. The molecular formula is C14H11Br2F. The molecule has 0 radical (unpaired) electrons.